The van der Waals surface area contributed by atoms with Gasteiger partial charge in [-0.15, -0.1) is 0 Å². The average Bonchev–Trinajstić information content (AvgIpc) is 3.25. The summed E-state index contributed by atoms with van der Waals surface area (Å²) in [5.74, 6) is 1.65. The van der Waals surface area contributed by atoms with Gasteiger partial charge in [0.15, 0.2) is 6.10 Å². The monoisotopic (exact) mass is 905 g/mol. The van der Waals surface area contributed by atoms with Crippen molar-refractivity contribution in [3.05, 3.63) is 0 Å². The molecule has 0 aromatic rings. The summed E-state index contributed by atoms with van der Waals surface area (Å²) in [4.78, 5) is 38.1. The number of unbranched alkanes of at least 4 members (excludes halogenated alkanes) is 34. The Bertz CT molecular complexity index is 991. The van der Waals surface area contributed by atoms with E-state index in [1.165, 1.54) is 199 Å². The first kappa shape index (κ1) is 62.4. The summed E-state index contributed by atoms with van der Waals surface area (Å²) in [6.07, 6.45) is 51.0. The van der Waals surface area contributed by atoms with E-state index in [2.05, 4.69) is 41.5 Å². The van der Waals surface area contributed by atoms with Gasteiger partial charge in [-0.25, -0.2) is 0 Å². The molecule has 0 fully saturated rings. The van der Waals surface area contributed by atoms with E-state index in [1.54, 1.807) is 0 Å². The maximum Gasteiger partial charge on any atom is 0.306 e. The van der Waals surface area contributed by atoms with E-state index in [-0.39, 0.29) is 31.1 Å². The molecule has 64 heavy (non-hydrogen) atoms. The summed E-state index contributed by atoms with van der Waals surface area (Å²) in [5, 5.41) is 0. The lowest BCUT2D eigenvalue weighted by Crippen LogP contribution is -2.30. The summed E-state index contributed by atoms with van der Waals surface area (Å²) in [6, 6.07) is 0. The molecule has 0 rings (SSSR count). The lowest BCUT2D eigenvalue weighted by Gasteiger charge is -2.18. The minimum atomic E-state index is -0.763. The predicted octanol–water partition coefficient (Wildman–Crippen LogP) is 18.7. The van der Waals surface area contributed by atoms with Gasteiger partial charge in [0, 0.05) is 19.3 Å². The fourth-order valence-corrected chi connectivity index (χ4v) is 8.82. The number of rotatable bonds is 51. The van der Waals surface area contributed by atoms with E-state index >= 15 is 0 Å². The maximum atomic E-state index is 12.8. The van der Waals surface area contributed by atoms with Gasteiger partial charge in [-0.05, 0) is 37.0 Å². The Morgan fingerprint density at radius 2 is 0.453 bits per heavy atom. The highest BCUT2D eigenvalue weighted by Crippen LogP contribution is 2.18. The van der Waals surface area contributed by atoms with Crippen molar-refractivity contribution in [3.63, 3.8) is 0 Å². The summed E-state index contributed by atoms with van der Waals surface area (Å²) in [6.45, 7) is 13.7. The molecule has 0 spiro atoms. The van der Waals surface area contributed by atoms with E-state index in [0.717, 1.165) is 75.5 Å². The summed E-state index contributed by atoms with van der Waals surface area (Å²) in [5.41, 5.74) is 0. The molecule has 0 saturated heterocycles. The van der Waals surface area contributed by atoms with E-state index in [4.69, 9.17) is 14.2 Å². The normalized spacial score (nSPS) is 12.1. The number of carbonyl (C=O) groups excluding carboxylic acids is 3. The van der Waals surface area contributed by atoms with Crippen molar-refractivity contribution >= 4 is 17.9 Å². The molecule has 0 aromatic carbocycles. The van der Waals surface area contributed by atoms with Gasteiger partial charge in [0.2, 0.25) is 0 Å². The van der Waals surface area contributed by atoms with E-state index < -0.39 is 6.10 Å². The van der Waals surface area contributed by atoms with Crippen LogP contribution in [0, 0.1) is 17.8 Å². The number of carbonyl (C=O) groups is 3. The molecule has 0 unspecified atom stereocenters. The topological polar surface area (TPSA) is 78.9 Å². The summed E-state index contributed by atoms with van der Waals surface area (Å²) < 4.78 is 16.9. The second kappa shape index (κ2) is 49.3. The van der Waals surface area contributed by atoms with Gasteiger partial charge in [-0.2, -0.15) is 0 Å². The predicted molar refractivity (Wildman–Crippen MR) is 275 cm³/mol. The molecule has 0 amide bonds. The fraction of sp³-hybridized carbons (Fsp3) is 0.948. The molecule has 0 heterocycles. The Morgan fingerprint density at radius 3 is 0.672 bits per heavy atom. The first-order chi connectivity index (χ1) is 31.1. The highest BCUT2D eigenvalue weighted by Gasteiger charge is 2.19. The molecule has 0 N–H and O–H groups in total. The van der Waals surface area contributed by atoms with Crippen molar-refractivity contribution in [3.8, 4) is 0 Å². The highest BCUT2D eigenvalue weighted by molar-refractivity contribution is 5.71. The van der Waals surface area contributed by atoms with Crippen LogP contribution in [0.2, 0.25) is 0 Å². The Balaban J connectivity index is 4.28. The SMILES string of the molecule is CC(C)CCCCCCCCCCCCCCCCCC(=O)OC[C@H](COC(=O)CCCCCCCCCCCC(C)C)OC(=O)CCCCCCCCCCCCCCCC(C)C. The van der Waals surface area contributed by atoms with Crippen LogP contribution >= 0.6 is 0 Å². The largest absolute Gasteiger partial charge is 0.462 e. The van der Waals surface area contributed by atoms with Crippen molar-refractivity contribution in [2.45, 2.75) is 324 Å². The van der Waals surface area contributed by atoms with Gasteiger partial charge in [0.25, 0.3) is 0 Å². The zero-order valence-corrected chi connectivity index (χ0v) is 44.1. The second-order valence-corrected chi connectivity index (χ2v) is 21.4. The van der Waals surface area contributed by atoms with Crippen LogP contribution < -0.4 is 0 Å². The lowest BCUT2D eigenvalue weighted by atomic mass is 10.0. The van der Waals surface area contributed by atoms with Crippen molar-refractivity contribution in [1.29, 1.82) is 0 Å². The molecule has 0 aliphatic carbocycles. The molecule has 6 heteroatoms. The fourth-order valence-electron chi connectivity index (χ4n) is 8.82. The van der Waals surface area contributed by atoms with Crippen molar-refractivity contribution in [2.75, 3.05) is 13.2 Å². The van der Waals surface area contributed by atoms with Gasteiger partial charge in [-0.3, -0.25) is 14.4 Å². The third-order valence-electron chi connectivity index (χ3n) is 13.1. The third-order valence-corrected chi connectivity index (χ3v) is 13.1. The standard InChI is InChI=1S/C58H112O6/c1-52(2)44-38-32-26-20-15-11-8-7-9-13-17-23-29-35-41-47-56(59)62-50-55(51-63-57(60)48-42-36-30-25-19-22-28-34-40-46-54(5)6)64-58(61)49-43-37-31-24-18-14-10-12-16-21-27-33-39-45-53(3)4/h52-55H,7-51H2,1-6H3/t55-/m1/s1. The molecule has 1 atom stereocenters. The average molecular weight is 906 g/mol. The molecule has 0 radical (unpaired) electrons. The third kappa shape index (κ3) is 51.4. The Morgan fingerprint density at radius 1 is 0.266 bits per heavy atom. The number of hydrogen-bond donors (Lipinski definition) is 0. The zero-order chi connectivity index (χ0) is 47.0. The number of esters is 3. The number of ether oxygens (including phenoxy) is 3. The van der Waals surface area contributed by atoms with Crippen molar-refractivity contribution < 1.29 is 28.6 Å². The van der Waals surface area contributed by atoms with Crippen molar-refractivity contribution in [1.82, 2.24) is 0 Å². The van der Waals surface area contributed by atoms with Crippen LogP contribution in [0.25, 0.3) is 0 Å². The molecule has 0 bridgehead atoms. The van der Waals surface area contributed by atoms with Gasteiger partial charge >= 0.3 is 17.9 Å². The summed E-state index contributed by atoms with van der Waals surface area (Å²) >= 11 is 0. The van der Waals surface area contributed by atoms with E-state index in [1.807, 2.05) is 0 Å². The minimum Gasteiger partial charge on any atom is -0.462 e. The molecular weight excluding hydrogens is 793 g/mol. The molecule has 0 saturated carbocycles. The molecule has 380 valence electrons. The lowest BCUT2D eigenvalue weighted by molar-refractivity contribution is -0.167. The Hall–Kier alpha value is -1.59. The van der Waals surface area contributed by atoms with Crippen LogP contribution in [0.1, 0.15) is 318 Å². The number of hydrogen-bond acceptors (Lipinski definition) is 6. The quantitative estimate of drug-likeness (QED) is 0.0344. The van der Waals surface area contributed by atoms with Gasteiger partial charge < -0.3 is 14.2 Å². The van der Waals surface area contributed by atoms with Crippen LogP contribution in [0.4, 0.5) is 0 Å². The van der Waals surface area contributed by atoms with Gasteiger partial charge in [0.1, 0.15) is 13.2 Å². The van der Waals surface area contributed by atoms with Crippen molar-refractivity contribution in [2.24, 2.45) is 17.8 Å². The van der Waals surface area contributed by atoms with E-state index in [9.17, 15) is 14.4 Å². The minimum absolute atomic E-state index is 0.0637. The summed E-state index contributed by atoms with van der Waals surface area (Å²) in [7, 11) is 0. The second-order valence-electron chi connectivity index (χ2n) is 21.4. The van der Waals surface area contributed by atoms with Crippen LogP contribution in [-0.2, 0) is 28.6 Å². The van der Waals surface area contributed by atoms with Gasteiger partial charge in [0.05, 0.1) is 0 Å². The molecule has 0 aromatic heterocycles. The zero-order valence-electron chi connectivity index (χ0n) is 44.1. The highest BCUT2D eigenvalue weighted by atomic mass is 16.6. The van der Waals surface area contributed by atoms with Crippen LogP contribution in [0.3, 0.4) is 0 Å². The van der Waals surface area contributed by atoms with Gasteiger partial charge in [-0.1, -0.05) is 279 Å². The first-order valence-electron chi connectivity index (χ1n) is 28.6. The molecule has 6 nitrogen and oxygen atoms in total. The smallest absolute Gasteiger partial charge is 0.306 e. The van der Waals surface area contributed by atoms with E-state index in [0.29, 0.717) is 19.3 Å². The van der Waals surface area contributed by atoms with Crippen LogP contribution in [0.5, 0.6) is 0 Å². The Kier molecular flexibility index (Phi) is 48.1. The molecule has 0 aliphatic rings. The maximum absolute atomic E-state index is 12.8. The molecular formula is C58H112O6. The van der Waals surface area contributed by atoms with Crippen LogP contribution in [-0.4, -0.2) is 37.2 Å². The Labute approximate surface area is 399 Å². The van der Waals surface area contributed by atoms with Crippen LogP contribution in [0.15, 0.2) is 0 Å². The molecule has 0 aliphatic heterocycles. The first-order valence-corrected chi connectivity index (χ1v) is 28.6.